The van der Waals surface area contributed by atoms with E-state index in [0.717, 1.165) is 20.1 Å². The van der Waals surface area contributed by atoms with Gasteiger partial charge in [0.2, 0.25) is 11.8 Å². The summed E-state index contributed by atoms with van der Waals surface area (Å²) in [6.45, 7) is 0.158. The summed E-state index contributed by atoms with van der Waals surface area (Å²) in [5, 5.41) is 5.27. The van der Waals surface area contributed by atoms with Crippen molar-refractivity contribution in [2.24, 2.45) is 5.73 Å². The Labute approximate surface area is 169 Å². The summed E-state index contributed by atoms with van der Waals surface area (Å²) in [5.74, 6) is -0.779. The number of carbonyl (C=O) groups excluding carboxylic acids is 3. The molecule has 4 N–H and O–H groups in total. The van der Waals surface area contributed by atoms with E-state index in [-0.39, 0.29) is 24.1 Å². The Bertz CT molecular complexity index is 969. The van der Waals surface area contributed by atoms with Gasteiger partial charge < -0.3 is 16.4 Å². The van der Waals surface area contributed by atoms with Crippen molar-refractivity contribution in [2.45, 2.75) is 10.9 Å². The van der Waals surface area contributed by atoms with Crippen molar-refractivity contribution in [3.05, 3.63) is 59.7 Å². The Morgan fingerprint density at radius 1 is 1.04 bits per heavy atom. The highest BCUT2D eigenvalue weighted by molar-refractivity contribution is 8.01. The molecule has 9 heteroatoms. The lowest BCUT2D eigenvalue weighted by Crippen LogP contribution is -2.33. The van der Waals surface area contributed by atoms with Crippen molar-refractivity contribution >= 4 is 51.0 Å². The van der Waals surface area contributed by atoms with Crippen LogP contribution in [0.5, 0.6) is 0 Å². The number of carbonyl (C=O) groups is 3. The Morgan fingerprint density at radius 3 is 2.50 bits per heavy atom. The zero-order chi connectivity index (χ0) is 19.9. The summed E-state index contributed by atoms with van der Waals surface area (Å²) in [7, 11) is 0. The number of rotatable bonds is 8. The maximum atomic E-state index is 12.1. The summed E-state index contributed by atoms with van der Waals surface area (Å²) in [5.41, 5.74) is 7.22. The fourth-order valence-corrected chi connectivity index (χ4v) is 4.23. The molecule has 0 spiro atoms. The fourth-order valence-electron chi connectivity index (χ4n) is 2.34. The summed E-state index contributed by atoms with van der Waals surface area (Å²) in [6, 6.07) is 14.6. The first-order valence-electron chi connectivity index (χ1n) is 8.42. The van der Waals surface area contributed by atoms with Gasteiger partial charge in [-0.25, -0.2) is 4.98 Å². The van der Waals surface area contributed by atoms with E-state index in [1.54, 1.807) is 35.6 Å². The molecule has 3 rings (SSSR count). The number of para-hydroxylation sites is 1. The van der Waals surface area contributed by atoms with E-state index in [4.69, 9.17) is 5.73 Å². The maximum Gasteiger partial charge on any atom is 0.251 e. The maximum absolute atomic E-state index is 12.1. The van der Waals surface area contributed by atoms with Crippen molar-refractivity contribution in [2.75, 3.05) is 12.3 Å². The minimum Gasteiger partial charge on any atom is -0.368 e. The topological polar surface area (TPSA) is 114 Å². The van der Waals surface area contributed by atoms with Gasteiger partial charge >= 0.3 is 0 Å². The number of thioether (sulfide) groups is 1. The van der Waals surface area contributed by atoms with Crippen LogP contribution in [0.25, 0.3) is 10.2 Å². The predicted octanol–water partition coefficient (Wildman–Crippen LogP) is 1.92. The Morgan fingerprint density at radius 2 is 1.79 bits per heavy atom. The highest BCUT2D eigenvalue weighted by atomic mass is 32.2. The van der Waals surface area contributed by atoms with Crippen molar-refractivity contribution in [3.63, 3.8) is 0 Å². The van der Waals surface area contributed by atoms with Crippen LogP contribution in [0.1, 0.15) is 15.9 Å². The molecular formula is C19H18N4O3S2. The zero-order valence-electron chi connectivity index (χ0n) is 14.8. The molecule has 1 heterocycles. The van der Waals surface area contributed by atoms with Crippen LogP contribution in [-0.2, 0) is 16.1 Å². The van der Waals surface area contributed by atoms with Crippen LogP contribution in [0.15, 0.2) is 52.9 Å². The van der Waals surface area contributed by atoms with Gasteiger partial charge in [0.15, 0.2) is 4.34 Å². The van der Waals surface area contributed by atoms with Crippen LogP contribution < -0.4 is 16.4 Å². The summed E-state index contributed by atoms with van der Waals surface area (Å²) >= 11 is 2.98. The average Bonchev–Trinajstić information content (AvgIpc) is 3.12. The fraction of sp³-hybridized carbons (Fsp3) is 0.158. The minimum atomic E-state index is -0.601. The van der Waals surface area contributed by atoms with Crippen molar-refractivity contribution in [3.8, 4) is 0 Å². The molecule has 0 saturated heterocycles. The van der Waals surface area contributed by atoms with Gasteiger partial charge in [-0.1, -0.05) is 36.0 Å². The first kappa shape index (κ1) is 19.8. The van der Waals surface area contributed by atoms with Gasteiger partial charge in [-0.3, -0.25) is 14.4 Å². The van der Waals surface area contributed by atoms with Crippen LogP contribution in [0, 0.1) is 0 Å². The summed E-state index contributed by atoms with van der Waals surface area (Å²) in [6.07, 6.45) is 0. The third-order valence-corrected chi connectivity index (χ3v) is 5.91. The molecule has 2 aromatic carbocycles. The van der Waals surface area contributed by atoms with Gasteiger partial charge in [0.05, 0.1) is 22.5 Å². The number of primary amides is 1. The molecule has 0 fully saturated rings. The number of aromatic nitrogens is 1. The lowest BCUT2D eigenvalue weighted by Gasteiger charge is -2.06. The van der Waals surface area contributed by atoms with Gasteiger partial charge in [-0.2, -0.15) is 0 Å². The molecule has 0 radical (unpaired) electrons. The lowest BCUT2D eigenvalue weighted by atomic mass is 10.1. The standard InChI is InChI=1S/C19H18N4O3S2/c20-16(24)10-22-18(26)13-7-5-12(6-8-13)9-21-17(25)11-27-19-23-14-3-1-2-4-15(14)28-19/h1-8H,9-11H2,(H2,20,24)(H,21,25)(H,22,26). The molecule has 0 saturated carbocycles. The second-order valence-electron chi connectivity index (χ2n) is 5.86. The van der Waals surface area contributed by atoms with E-state index in [1.165, 1.54) is 11.8 Å². The molecule has 3 aromatic rings. The van der Waals surface area contributed by atoms with Crippen LogP contribution in [-0.4, -0.2) is 35.0 Å². The predicted molar refractivity (Wildman–Crippen MR) is 110 cm³/mol. The largest absolute Gasteiger partial charge is 0.368 e. The second-order valence-corrected chi connectivity index (χ2v) is 8.11. The Kier molecular flexibility index (Phi) is 6.62. The van der Waals surface area contributed by atoms with Crippen molar-refractivity contribution in [1.82, 2.24) is 15.6 Å². The number of nitrogens with one attached hydrogen (secondary N) is 2. The first-order chi connectivity index (χ1) is 13.5. The van der Waals surface area contributed by atoms with Crippen LogP contribution in [0.4, 0.5) is 0 Å². The molecule has 144 valence electrons. The van der Waals surface area contributed by atoms with Gasteiger partial charge in [-0.05, 0) is 29.8 Å². The average molecular weight is 415 g/mol. The molecule has 0 bridgehead atoms. The number of thiazole rings is 1. The third kappa shape index (κ3) is 5.54. The van der Waals surface area contributed by atoms with E-state index < -0.39 is 5.91 Å². The quantitative estimate of drug-likeness (QED) is 0.487. The molecule has 1 aromatic heterocycles. The second kappa shape index (κ2) is 9.34. The number of nitrogens with zero attached hydrogens (tertiary/aromatic N) is 1. The molecule has 0 aliphatic heterocycles. The number of fused-ring (bicyclic) bond motifs is 1. The molecule has 0 aliphatic carbocycles. The van der Waals surface area contributed by atoms with Gasteiger partial charge in [0.25, 0.3) is 5.91 Å². The normalized spacial score (nSPS) is 10.6. The van der Waals surface area contributed by atoms with E-state index in [2.05, 4.69) is 15.6 Å². The molecule has 0 unspecified atom stereocenters. The number of hydrogen-bond donors (Lipinski definition) is 3. The van der Waals surface area contributed by atoms with E-state index in [9.17, 15) is 14.4 Å². The minimum absolute atomic E-state index is 0.0902. The highest BCUT2D eigenvalue weighted by Crippen LogP contribution is 2.29. The monoisotopic (exact) mass is 414 g/mol. The van der Waals surface area contributed by atoms with Gasteiger partial charge in [0.1, 0.15) is 0 Å². The molecule has 0 aliphatic rings. The third-order valence-electron chi connectivity index (χ3n) is 3.73. The zero-order valence-corrected chi connectivity index (χ0v) is 16.4. The molecule has 7 nitrogen and oxygen atoms in total. The Hall–Kier alpha value is -2.91. The molecule has 28 heavy (non-hydrogen) atoms. The Balaban J connectivity index is 1.45. The summed E-state index contributed by atoms with van der Waals surface area (Å²) < 4.78 is 1.97. The number of nitrogens with two attached hydrogens (primary N) is 1. The number of hydrogen-bond acceptors (Lipinski definition) is 6. The lowest BCUT2D eigenvalue weighted by molar-refractivity contribution is -0.119. The molecular weight excluding hydrogens is 396 g/mol. The van der Waals surface area contributed by atoms with E-state index >= 15 is 0 Å². The van der Waals surface area contributed by atoms with Crippen LogP contribution in [0.2, 0.25) is 0 Å². The number of benzene rings is 2. The molecule has 0 atom stereocenters. The van der Waals surface area contributed by atoms with Crippen molar-refractivity contribution in [1.29, 1.82) is 0 Å². The van der Waals surface area contributed by atoms with Gasteiger partial charge in [0, 0.05) is 12.1 Å². The van der Waals surface area contributed by atoms with E-state index in [0.29, 0.717) is 12.1 Å². The smallest absolute Gasteiger partial charge is 0.251 e. The van der Waals surface area contributed by atoms with E-state index in [1.807, 2.05) is 24.3 Å². The van der Waals surface area contributed by atoms with Crippen molar-refractivity contribution < 1.29 is 14.4 Å². The number of amides is 3. The van der Waals surface area contributed by atoms with Gasteiger partial charge in [-0.15, -0.1) is 11.3 Å². The highest BCUT2D eigenvalue weighted by Gasteiger charge is 2.09. The summed E-state index contributed by atoms with van der Waals surface area (Å²) in [4.78, 5) is 39.1. The molecule has 3 amide bonds. The van der Waals surface area contributed by atoms with Crippen LogP contribution >= 0.6 is 23.1 Å². The van der Waals surface area contributed by atoms with Crippen LogP contribution in [0.3, 0.4) is 0 Å². The SMILES string of the molecule is NC(=O)CNC(=O)c1ccc(CNC(=O)CSc2nc3ccccc3s2)cc1. The first-order valence-corrected chi connectivity index (χ1v) is 10.2.